The molecule has 0 radical (unpaired) electrons. The molecule has 29 heavy (non-hydrogen) atoms. The predicted octanol–water partition coefficient (Wildman–Crippen LogP) is 3.53. The molecule has 0 aliphatic carbocycles. The number of ether oxygens (including phenoxy) is 1. The predicted molar refractivity (Wildman–Crippen MR) is 94.6 cm³/mol. The van der Waals surface area contributed by atoms with E-state index in [1.165, 1.54) is 23.4 Å². The number of halogens is 3. The zero-order valence-electron chi connectivity index (χ0n) is 15.7. The molecular weight excluding hydrogens is 391 g/mol. The molecule has 154 valence electrons. The standard InChI is InChI=1S/C19H18F3N3O4/c1-10-7-14(24-8-15(10)29-6-4-19(20,21)22)11(2)25-9-13-12(17(25)26)3-5-23-16(13)18(27)28/h3,5,7-8,11H,4,6,9H2,1-2H3,(H,27,28). The van der Waals surface area contributed by atoms with E-state index < -0.39 is 31.2 Å². The molecule has 3 heterocycles. The molecule has 2 aromatic rings. The van der Waals surface area contributed by atoms with Crippen LogP contribution in [0.15, 0.2) is 24.5 Å². The number of nitrogens with zero attached hydrogens (tertiary/aromatic N) is 3. The van der Waals surface area contributed by atoms with Crippen LogP contribution >= 0.6 is 0 Å². The van der Waals surface area contributed by atoms with Crippen molar-refractivity contribution >= 4 is 11.9 Å². The molecule has 0 aromatic carbocycles. The van der Waals surface area contributed by atoms with Crippen LogP contribution in [0.4, 0.5) is 13.2 Å². The van der Waals surface area contributed by atoms with Gasteiger partial charge in [-0.3, -0.25) is 9.78 Å². The molecule has 1 aliphatic heterocycles. The second-order valence-electron chi connectivity index (χ2n) is 6.69. The van der Waals surface area contributed by atoms with Crippen LogP contribution in [0.5, 0.6) is 5.75 Å². The highest BCUT2D eigenvalue weighted by atomic mass is 19.4. The van der Waals surface area contributed by atoms with Gasteiger partial charge in [0.2, 0.25) is 0 Å². The van der Waals surface area contributed by atoms with Crippen molar-refractivity contribution in [3.8, 4) is 5.75 Å². The van der Waals surface area contributed by atoms with Crippen molar-refractivity contribution in [3.63, 3.8) is 0 Å². The van der Waals surface area contributed by atoms with Crippen molar-refractivity contribution in [3.05, 3.63) is 52.6 Å². The molecule has 1 atom stereocenters. The number of pyridine rings is 2. The van der Waals surface area contributed by atoms with Crippen molar-refractivity contribution in [1.82, 2.24) is 14.9 Å². The number of carboxylic acid groups (broad SMARTS) is 1. The molecule has 1 unspecified atom stereocenters. The van der Waals surface area contributed by atoms with E-state index in [0.717, 1.165) is 0 Å². The first-order valence-corrected chi connectivity index (χ1v) is 8.76. The van der Waals surface area contributed by atoms with Crippen LogP contribution in [0.3, 0.4) is 0 Å². The van der Waals surface area contributed by atoms with Crippen molar-refractivity contribution in [2.45, 2.75) is 39.0 Å². The number of carboxylic acids is 1. The SMILES string of the molecule is Cc1cc(C(C)N2Cc3c(ccnc3C(=O)O)C2=O)ncc1OCCC(F)(F)F. The van der Waals surface area contributed by atoms with Crippen LogP contribution in [-0.4, -0.2) is 44.6 Å². The average molecular weight is 409 g/mol. The van der Waals surface area contributed by atoms with Gasteiger partial charge in [-0.05, 0) is 31.5 Å². The van der Waals surface area contributed by atoms with Gasteiger partial charge in [0.15, 0.2) is 5.69 Å². The topological polar surface area (TPSA) is 92.6 Å². The molecule has 0 bridgehead atoms. The van der Waals surface area contributed by atoms with Gasteiger partial charge in [-0.2, -0.15) is 13.2 Å². The lowest BCUT2D eigenvalue weighted by Gasteiger charge is -2.24. The summed E-state index contributed by atoms with van der Waals surface area (Å²) < 4.78 is 41.9. The molecule has 1 aliphatic rings. The lowest BCUT2D eigenvalue weighted by atomic mass is 10.1. The highest BCUT2D eigenvalue weighted by molar-refractivity contribution is 6.01. The maximum absolute atomic E-state index is 12.7. The maximum Gasteiger partial charge on any atom is 0.392 e. The van der Waals surface area contributed by atoms with Crippen LogP contribution in [0.25, 0.3) is 0 Å². The van der Waals surface area contributed by atoms with Crippen LogP contribution in [0.2, 0.25) is 0 Å². The first-order chi connectivity index (χ1) is 13.6. The minimum absolute atomic E-state index is 0.0787. The Balaban J connectivity index is 1.76. The smallest absolute Gasteiger partial charge is 0.392 e. The molecule has 3 rings (SSSR count). The zero-order valence-corrected chi connectivity index (χ0v) is 15.7. The molecule has 10 heteroatoms. The molecule has 2 aromatic heterocycles. The van der Waals surface area contributed by atoms with Crippen molar-refractivity contribution in [1.29, 1.82) is 0 Å². The van der Waals surface area contributed by atoms with Crippen LogP contribution in [0, 0.1) is 6.92 Å². The number of rotatable bonds is 6. The molecule has 0 saturated carbocycles. The Kier molecular flexibility index (Phi) is 5.45. The van der Waals surface area contributed by atoms with Gasteiger partial charge >= 0.3 is 12.1 Å². The van der Waals surface area contributed by atoms with E-state index in [0.29, 0.717) is 16.8 Å². The Morgan fingerprint density at radius 1 is 1.38 bits per heavy atom. The minimum Gasteiger partial charge on any atom is -0.491 e. The Bertz CT molecular complexity index is 962. The number of aromatic nitrogens is 2. The van der Waals surface area contributed by atoms with Gasteiger partial charge in [0.1, 0.15) is 5.75 Å². The summed E-state index contributed by atoms with van der Waals surface area (Å²) >= 11 is 0. The molecule has 0 fully saturated rings. The van der Waals surface area contributed by atoms with Crippen molar-refractivity contribution in [2.75, 3.05) is 6.61 Å². The van der Waals surface area contributed by atoms with E-state index in [4.69, 9.17) is 4.74 Å². The van der Waals surface area contributed by atoms with Crippen LogP contribution < -0.4 is 4.74 Å². The average Bonchev–Trinajstić information content (AvgIpc) is 2.98. The third-order valence-corrected chi connectivity index (χ3v) is 4.70. The van der Waals surface area contributed by atoms with Crippen LogP contribution in [-0.2, 0) is 6.54 Å². The number of hydrogen-bond donors (Lipinski definition) is 1. The first-order valence-electron chi connectivity index (χ1n) is 8.76. The van der Waals surface area contributed by atoms with Gasteiger partial charge in [-0.1, -0.05) is 0 Å². The highest BCUT2D eigenvalue weighted by Crippen LogP contribution is 2.33. The molecule has 0 spiro atoms. The lowest BCUT2D eigenvalue weighted by Crippen LogP contribution is -2.28. The third-order valence-electron chi connectivity index (χ3n) is 4.70. The number of alkyl halides is 3. The van der Waals surface area contributed by atoms with Gasteiger partial charge in [-0.25, -0.2) is 9.78 Å². The monoisotopic (exact) mass is 409 g/mol. The molecular formula is C19H18F3N3O4. The Morgan fingerprint density at radius 2 is 2.10 bits per heavy atom. The summed E-state index contributed by atoms with van der Waals surface area (Å²) in [4.78, 5) is 33.6. The number of hydrogen-bond acceptors (Lipinski definition) is 5. The highest BCUT2D eigenvalue weighted by Gasteiger charge is 2.35. The lowest BCUT2D eigenvalue weighted by molar-refractivity contribution is -0.139. The van der Waals surface area contributed by atoms with Gasteiger partial charge in [-0.15, -0.1) is 0 Å². The van der Waals surface area contributed by atoms with Crippen molar-refractivity contribution < 1.29 is 32.6 Å². The van der Waals surface area contributed by atoms with Gasteiger partial charge in [0.25, 0.3) is 5.91 Å². The van der Waals surface area contributed by atoms with Crippen molar-refractivity contribution in [2.24, 2.45) is 0 Å². The Morgan fingerprint density at radius 3 is 2.72 bits per heavy atom. The van der Waals surface area contributed by atoms with E-state index in [1.54, 1.807) is 19.9 Å². The number of carbonyl (C=O) groups excluding carboxylic acids is 1. The van der Waals surface area contributed by atoms with Gasteiger partial charge < -0.3 is 14.7 Å². The number of aromatic carboxylic acids is 1. The largest absolute Gasteiger partial charge is 0.491 e. The molecule has 0 saturated heterocycles. The summed E-state index contributed by atoms with van der Waals surface area (Å²) in [5.74, 6) is -1.31. The zero-order chi connectivity index (χ0) is 21.3. The summed E-state index contributed by atoms with van der Waals surface area (Å²) in [6.45, 7) is 2.98. The third kappa shape index (κ3) is 4.30. The molecule has 1 N–H and O–H groups in total. The Labute approximate surface area is 164 Å². The van der Waals surface area contributed by atoms with E-state index >= 15 is 0 Å². The fourth-order valence-electron chi connectivity index (χ4n) is 3.13. The first kappa shape index (κ1) is 20.6. The van der Waals surface area contributed by atoms with E-state index in [1.807, 2.05) is 0 Å². The maximum atomic E-state index is 12.7. The summed E-state index contributed by atoms with van der Waals surface area (Å²) in [7, 11) is 0. The normalized spacial score (nSPS) is 14.7. The quantitative estimate of drug-likeness (QED) is 0.785. The second-order valence-corrected chi connectivity index (χ2v) is 6.69. The minimum atomic E-state index is -4.30. The fraction of sp³-hybridized carbons (Fsp3) is 0.368. The summed E-state index contributed by atoms with van der Waals surface area (Å²) in [6, 6.07) is 2.63. The number of carbonyl (C=O) groups is 2. The molecule has 1 amide bonds. The fourth-order valence-corrected chi connectivity index (χ4v) is 3.13. The summed E-state index contributed by atoms with van der Waals surface area (Å²) in [5.41, 5.74) is 1.56. The summed E-state index contributed by atoms with van der Waals surface area (Å²) in [5, 5.41) is 9.28. The Hall–Kier alpha value is -3.17. The van der Waals surface area contributed by atoms with E-state index in [-0.39, 0.29) is 29.5 Å². The summed E-state index contributed by atoms with van der Waals surface area (Å²) in [6.07, 6.45) is -2.76. The molecule has 7 nitrogen and oxygen atoms in total. The number of aryl methyl sites for hydroxylation is 1. The second kappa shape index (κ2) is 7.69. The van der Waals surface area contributed by atoms with Crippen LogP contribution in [0.1, 0.15) is 57.1 Å². The van der Waals surface area contributed by atoms with E-state index in [9.17, 15) is 27.9 Å². The number of amides is 1. The van der Waals surface area contributed by atoms with Gasteiger partial charge in [0.05, 0.1) is 31.0 Å². The number of fused-ring (bicyclic) bond motifs is 1. The van der Waals surface area contributed by atoms with E-state index in [2.05, 4.69) is 9.97 Å². The van der Waals surface area contributed by atoms with Gasteiger partial charge in [0, 0.05) is 23.9 Å².